The van der Waals surface area contributed by atoms with E-state index in [0.717, 1.165) is 40.5 Å². The highest BCUT2D eigenvalue weighted by atomic mass is 32.2. The summed E-state index contributed by atoms with van der Waals surface area (Å²) in [6.45, 7) is 1.50. The van der Waals surface area contributed by atoms with Gasteiger partial charge in [-0.3, -0.25) is 9.80 Å². The summed E-state index contributed by atoms with van der Waals surface area (Å²) in [4.78, 5) is 15.1. The van der Waals surface area contributed by atoms with E-state index in [4.69, 9.17) is 4.74 Å². The van der Waals surface area contributed by atoms with E-state index in [9.17, 15) is 27.1 Å². The molecular weight excluding hydrogens is 430 g/mol. The summed E-state index contributed by atoms with van der Waals surface area (Å²) in [6, 6.07) is 6.89. The zero-order valence-electron chi connectivity index (χ0n) is 16.8. The van der Waals surface area contributed by atoms with Gasteiger partial charge in [-0.25, -0.2) is 22.0 Å². The number of ether oxygens (including phenoxy) is 1. The van der Waals surface area contributed by atoms with Crippen molar-refractivity contribution in [2.45, 2.75) is 36.5 Å². The minimum Gasteiger partial charge on any atom is -0.465 e. The maximum absolute atomic E-state index is 14.3. The molecule has 166 valence electrons. The summed E-state index contributed by atoms with van der Waals surface area (Å²) >= 11 is 0. The largest absolute Gasteiger partial charge is 0.465 e. The highest BCUT2D eigenvalue weighted by Crippen LogP contribution is 2.32. The van der Waals surface area contributed by atoms with Crippen LogP contribution in [-0.2, 0) is 27.7 Å². The fourth-order valence-corrected chi connectivity index (χ4v) is 4.91. The van der Waals surface area contributed by atoms with Gasteiger partial charge in [0.15, 0.2) is 9.84 Å². The molecule has 4 rings (SSSR count). The molecule has 0 spiro atoms. The summed E-state index contributed by atoms with van der Waals surface area (Å²) in [5.74, 6) is -1.56. The zero-order valence-corrected chi connectivity index (χ0v) is 17.6. The van der Waals surface area contributed by atoms with Gasteiger partial charge in [0.05, 0.1) is 29.8 Å². The predicted octanol–water partition coefficient (Wildman–Crippen LogP) is 3.03. The quantitative estimate of drug-likeness (QED) is 0.768. The number of rotatable bonds is 4. The molecule has 10 heteroatoms. The van der Waals surface area contributed by atoms with Crippen LogP contribution >= 0.6 is 0 Å². The van der Waals surface area contributed by atoms with Gasteiger partial charge < -0.3 is 9.84 Å². The molecule has 2 heterocycles. The summed E-state index contributed by atoms with van der Waals surface area (Å²) in [7, 11) is -3.32. The van der Waals surface area contributed by atoms with E-state index >= 15 is 0 Å². The van der Waals surface area contributed by atoms with E-state index in [2.05, 4.69) is 4.90 Å². The van der Waals surface area contributed by atoms with Crippen molar-refractivity contribution in [3.8, 4) is 0 Å². The predicted molar refractivity (Wildman–Crippen MR) is 109 cm³/mol. The Morgan fingerprint density at radius 2 is 1.87 bits per heavy atom. The second kappa shape index (κ2) is 8.18. The van der Waals surface area contributed by atoms with Gasteiger partial charge in [0.1, 0.15) is 11.6 Å². The zero-order chi connectivity index (χ0) is 22.3. The van der Waals surface area contributed by atoms with E-state index in [0.29, 0.717) is 26.1 Å². The van der Waals surface area contributed by atoms with Crippen molar-refractivity contribution in [2.24, 2.45) is 0 Å². The molecule has 1 fully saturated rings. The van der Waals surface area contributed by atoms with Gasteiger partial charge in [-0.1, -0.05) is 6.07 Å². The van der Waals surface area contributed by atoms with E-state index in [-0.39, 0.29) is 23.2 Å². The number of hydrogen-bond donors (Lipinski definition) is 1. The van der Waals surface area contributed by atoms with Crippen molar-refractivity contribution in [3.63, 3.8) is 0 Å². The summed E-state index contributed by atoms with van der Waals surface area (Å²) in [5.41, 5.74) is 1.56. The van der Waals surface area contributed by atoms with Crippen molar-refractivity contribution >= 4 is 21.6 Å². The van der Waals surface area contributed by atoms with Crippen LogP contribution in [-0.4, -0.2) is 56.1 Å². The summed E-state index contributed by atoms with van der Waals surface area (Å²) in [6.07, 6.45) is 0.142. The first kappa shape index (κ1) is 21.7. The van der Waals surface area contributed by atoms with Crippen molar-refractivity contribution < 1.29 is 31.8 Å². The van der Waals surface area contributed by atoms with Crippen LogP contribution in [0.1, 0.15) is 17.5 Å². The van der Waals surface area contributed by atoms with Crippen LogP contribution in [0.15, 0.2) is 41.3 Å². The average molecular weight is 452 g/mol. The topological polar surface area (TPSA) is 87.2 Å². The summed E-state index contributed by atoms with van der Waals surface area (Å²) in [5, 5.41) is 9.71. The number of hydrogen-bond acceptors (Lipinski definition) is 5. The maximum atomic E-state index is 14.3. The Morgan fingerprint density at radius 1 is 1.13 bits per heavy atom. The SMILES string of the molecule is CS(=O)(=O)c1ccc2c(c1)CN([C@H]1COC[C@@H](N(C(=O)O)c3cc(F)ccc3F)C1)C2. The van der Waals surface area contributed by atoms with Crippen LogP contribution in [0.4, 0.5) is 19.3 Å². The lowest BCUT2D eigenvalue weighted by molar-refractivity contribution is 0.00400. The Kier molecular flexibility index (Phi) is 5.71. The fourth-order valence-electron chi connectivity index (χ4n) is 4.24. The highest BCUT2D eigenvalue weighted by Gasteiger charge is 2.37. The van der Waals surface area contributed by atoms with Crippen molar-refractivity contribution in [2.75, 3.05) is 24.4 Å². The van der Waals surface area contributed by atoms with Crippen molar-refractivity contribution in [1.82, 2.24) is 4.90 Å². The molecule has 2 aliphatic rings. The third kappa shape index (κ3) is 4.41. The van der Waals surface area contributed by atoms with E-state index in [1.54, 1.807) is 18.2 Å². The normalized spacial score (nSPS) is 21.6. The number of benzene rings is 2. The minimum absolute atomic E-state index is 0.0672. The number of carbonyl (C=O) groups is 1. The molecule has 2 aromatic rings. The molecule has 0 aromatic heterocycles. The van der Waals surface area contributed by atoms with Crippen LogP contribution in [0.2, 0.25) is 0 Å². The average Bonchev–Trinajstić information content (AvgIpc) is 3.14. The van der Waals surface area contributed by atoms with Crippen LogP contribution in [0.5, 0.6) is 0 Å². The van der Waals surface area contributed by atoms with Gasteiger partial charge in [0.25, 0.3) is 0 Å². The lowest BCUT2D eigenvalue weighted by Gasteiger charge is -2.39. The third-order valence-electron chi connectivity index (χ3n) is 5.77. The molecule has 31 heavy (non-hydrogen) atoms. The monoisotopic (exact) mass is 452 g/mol. The first-order valence-electron chi connectivity index (χ1n) is 9.74. The molecular formula is C21H22F2N2O5S. The molecule has 2 atom stereocenters. The van der Waals surface area contributed by atoms with Gasteiger partial charge in [0.2, 0.25) is 0 Å². The van der Waals surface area contributed by atoms with Crippen molar-refractivity contribution in [1.29, 1.82) is 0 Å². The molecule has 7 nitrogen and oxygen atoms in total. The Balaban J connectivity index is 1.54. The maximum Gasteiger partial charge on any atom is 0.412 e. The Labute approximate surface area is 178 Å². The standard InChI is InChI=1S/C21H22F2N2O5S/c1-31(28,29)18-4-2-13-9-24(10-14(13)6-18)16-8-17(12-30-11-16)25(21(26)27)20-7-15(22)3-5-19(20)23/h2-7,16-17H,8-12H2,1H3,(H,26,27)/t16-,17+/m1/s1. The summed E-state index contributed by atoms with van der Waals surface area (Å²) < 4.78 is 57.2. The molecule has 0 bridgehead atoms. The molecule has 0 saturated carbocycles. The molecule has 0 aliphatic carbocycles. The molecule has 0 radical (unpaired) electrons. The van der Waals surface area contributed by atoms with E-state index in [1.807, 2.05) is 0 Å². The molecule has 0 unspecified atom stereocenters. The number of halogens is 2. The molecule has 2 aliphatic heterocycles. The number of anilines is 1. The number of carboxylic acid groups (broad SMARTS) is 1. The van der Waals surface area contributed by atoms with Crippen LogP contribution < -0.4 is 4.90 Å². The number of fused-ring (bicyclic) bond motifs is 1. The van der Waals surface area contributed by atoms with Gasteiger partial charge in [-0.2, -0.15) is 0 Å². The van der Waals surface area contributed by atoms with Gasteiger partial charge in [0, 0.05) is 31.5 Å². The smallest absolute Gasteiger partial charge is 0.412 e. The number of sulfone groups is 1. The molecule has 2 aromatic carbocycles. The molecule has 1 N–H and O–H groups in total. The van der Waals surface area contributed by atoms with Crippen LogP contribution in [0.25, 0.3) is 0 Å². The van der Waals surface area contributed by atoms with Crippen LogP contribution in [0.3, 0.4) is 0 Å². The first-order valence-corrected chi connectivity index (χ1v) is 11.6. The Morgan fingerprint density at radius 3 is 2.58 bits per heavy atom. The van der Waals surface area contributed by atoms with E-state index in [1.165, 1.54) is 0 Å². The Hall–Kier alpha value is -2.56. The second-order valence-electron chi connectivity index (χ2n) is 7.94. The van der Waals surface area contributed by atoms with Crippen LogP contribution in [0, 0.1) is 11.6 Å². The molecule has 1 amide bonds. The number of nitrogens with zero attached hydrogens (tertiary/aromatic N) is 2. The molecule has 1 saturated heterocycles. The third-order valence-corrected chi connectivity index (χ3v) is 6.88. The second-order valence-corrected chi connectivity index (χ2v) is 9.95. The Bertz CT molecular complexity index is 1120. The minimum atomic E-state index is -3.32. The number of amides is 1. The van der Waals surface area contributed by atoms with Gasteiger partial charge in [-0.05, 0) is 41.8 Å². The van der Waals surface area contributed by atoms with Gasteiger partial charge in [-0.15, -0.1) is 0 Å². The lowest BCUT2D eigenvalue weighted by Crippen LogP contribution is -2.51. The highest BCUT2D eigenvalue weighted by molar-refractivity contribution is 7.90. The fraction of sp³-hybridized carbons (Fsp3) is 0.381. The lowest BCUT2D eigenvalue weighted by atomic mass is 10.0. The first-order chi connectivity index (χ1) is 14.6. The van der Waals surface area contributed by atoms with E-state index < -0.39 is 33.6 Å². The van der Waals surface area contributed by atoms with Crippen molar-refractivity contribution in [3.05, 3.63) is 59.2 Å². The van der Waals surface area contributed by atoms with Gasteiger partial charge >= 0.3 is 6.09 Å².